The van der Waals surface area contributed by atoms with Crippen molar-refractivity contribution < 1.29 is 13.6 Å². The molecule has 1 aliphatic rings. The molecule has 1 aliphatic carbocycles. The maximum Gasteiger partial charge on any atom is 0.169 e. The molecule has 1 fully saturated rings. The Morgan fingerprint density at radius 3 is 2.33 bits per heavy atom. The molecule has 2 rings (SSSR count). The van der Waals surface area contributed by atoms with Crippen molar-refractivity contribution in [2.75, 3.05) is 0 Å². The Balaban J connectivity index is 2.16. The first-order chi connectivity index (χ1) is 7.18. The lowest BCUT2D eigenvalue weighted by Crippen LogP contribution is -2.17. The number of hydrogen-bond acceptors (Lipinski definition) is 1. The summed E-state index contributed by atoms with van der Waals surface area (Å²) >= 11 is 0. The van der Waals surface area contributed by atoms with Gasteiger partial charge in [0.05, 0.1) is 5.56 Å². The molecule has 1 saturated carbocycles. The van der Waals surface area contributed by atoms with Crippen LogP contribution in [-0.4, -0.2) is 5.78 Å². The first-order valence-electron chi connectivity index (χ1n) is 5.15. The number of ketones is 1. The van der Waals surface area contributed by atoms with Gasteiger partial charge in [0, 0.05) is 6.42 Å². The van der Waals surface area contributed by atoms with Gasteiger partial charge in [-0.3, -0.25) is 4.79 Å². The van der Waals surface area contributed by atoms with Gasteiger partial charge in [0.15, 0.2) is 5.78 Å². The molecular formula is C12H12F2O. The highest BCUT2D eigenvalue weighted by Gasteiger charge is 2.24. The van der Waals surface area contributed by atoms with Gasteiger partial charge in [-0.1, -0.05) is 25.3 Å². The summed E-state index contributed by atoms with van der Waals surface area (Å²) in [5.74, 6) is -1.58. The van der Waals surface area contributed by atoms with E-state index in [0.717, 1.165) is 31.4 Å². The molecule has 0 heterocycles. The van der Waals surface area contributed by atoms with Gasteiger partial charge >= 0.3 is 0 Å². The molecule has 0 unspecified atom stereocenters. The number of halogens is 2. The van der Waals surface area contributed by atoms with Crippen LogP contribution in [0.15, 0.2) is 18.2 Å². The van der Waals surface area contributed by atoms with Crippen LogP contribution in [0.2, 0.25) is 0 Å². The van der Waals surface area contributed by atoms with Crippen molar-refractivity contribution in [2.45, 2.75) is 25.7 Å². The average Bonchev–Trinajstić information content (AvgIpc) is 2.11. The lowest BCUT2D eigenvalue weighted by atomic mass is 9.81. The summed E-state index contributed by atoms with van der Waals surface area (Å²) in [6.45, 7) is 0. The van der Waals surface area contributed by atoms with Gasteiger partial charge < -0.3 is 0 Å². The topological polar surface area (TPSA) is 17.1 Å². The van der Waals surface area contributed by atoms with Crippen LogP contribution in [0.3, 0.4) is 0 Å². The van der Waals surface area contributed by atoms with Crippen molar-refractivity contribution in [3.63, 3.8) is 0 Å². The van der Waals surface area contributed by atoms with E-state index in [4.69, 9.17) is 0 Å². The SMILES string of the molecule is O=C(CC1CCC1)c1c(F)cccc1F. The summed E-state index contributed by atoms with van der Waals surface area (Å²) < 4.78 is 26.4. The number of benzene rings is 1. The smallest absolute Gasteiger partial charge is 0.169 e. The summed E-state index contributed by atoms with van der Waals surface area (Å²) in [7, 11) is 0. The maximum absolute atomic E-state index is 13.2. The quantitative estimate of drug-likeness (QED) is 0.699. The number of hydrogen-bond donors (Lipinski definition) is 0. The molecule has 0 N–H and O–H groups in total. The molecule has 1 nitrogen and oxygen atoms in total. The lowest BCUT2D eigenvalue weighted by molar-refractivity contribution is 0.0928. The van der Waals surface area contributed by atoms with E-state index >= 15 is 0 Å². The van der Waals surface area contributed by atoms with Gasteiger partial charge in [0.1, 0.15) is 11.6 Å². The van der Waals surface area contributed by atoms with E-state index in [1.165, 1.54) is 6.07 Å². The number of carbonyl (C=O) groups excluding carboxylic acids is 1. The molecule has 0 saturated heterocycles. The molecule has 0 amide bonds. The minimum atomic E-state index is -0.751. The van der Waals surface area contributed by atoms with Crippen LogP contribution in [0.1, 0.15) is 36.0 Å². The Morgan fingerprint density at radius 1 is 1.27 bits per heavy atom. The molecule has 0 atom stereocenters. The van der Waals surface area contributed by atoms with E-state index in [9.17, 15) is 13.6 Å². The summed E-state index contributed by atoms with van der Waals surface area (Å²) in [4.78, 5) is 11.6. The summed E-state index contributed by atoms with van der Waals surface area (Å²) in [6, 6.07) is 3.51. The number of carbonyl (C=O) groups is 1. The molecule has 0 radical (unpaired) electrons. The second kappa shape index (κ2) is 4.09. The predicted octanol–water partition coefficient (Wildman–Crippen LogP) is 3.34. The fraction of sp³-hybridized carbons (Fsp3) is 0.417. The van der Waals surface area contributed by atoms with Crippen molar-refractivity contribution >= 4 is 5.78 Å². The van der Waals surface area contributed by atoms with Crippen LogP contribution < -0.4 is 0 Å². The van der Waals surface area contributed by atoms with E-state index in [1.54, 1.807) is 0 Å². The van der Waals surface area contributed by atoms with E-state index in [2.05, 4.69) is 0 Å². The molecule has 1 aromatic carbocycles. The second-order valence-electron chi connectivity index (χ2n) is 4.02. The second-order valence-corrected chi connectivity index (χ2v) is 4.02. The summed E-state index contributed by atoms with van der Waals surface area (Å²) in [6.07, 6.45) is 3.40. The van der Waals surface area contributed by atoms with E-state index in [1.807, 2.05) is 0 Å². The van der Waals surface area contributed by atoms with Crippen LogP contribution >= 0.6 is 0 Å². The third-order valence-electron chi connectivity index (χ3n) is 2.94. The molecule has 0 spiro atoms. The van der Waals surface area contributed by atoms with Crippen LogP contribution in [-0.2, 0) is 0 Å². The van der Waals surface area contributed by atoms with Crippen molar-refractivity contribution in [3.05, 3.63) is 35.4 Å². The van der Waals surface area contributed by atoms with E-state index in [-0.39, 0.29) is 12.0 Å². The fourth-order valence-electron chi connectivity index (χ4n) is 1.83. The molecule has 3 heteroatoms. The highest BCUT2D eigenvalue weighted by Crippen LogP contribution is 2.31. The Morgan fingerprint density at radius 2 is 1.87 bits per heavy atom. The third-order valence-corrected chi connectivity index (χ3v) is 2.94. The minimum Gasteiger partial charge on any atom is -0.294 e. The van der Waals surface area contributed by atoms with Gasteiger partial charge in [0.25, 0.3) is 0 Å². The lowest BCUT2D eigenvalue weighted by Gasteiger charge is -2.24. The molecule has 80 valence electrons. The van der Waals surface area contributed by atoms with Crippen molar-refractivity contribution in [3.8, 4) is 0 Å². The summed E-state index contributed by atoms with van der Waals surface area (Å²) in [5.41, 5.74) is -0.371. The van der Waals surface area contributed by atoms with Gasteiger partial charge in [-0.25, -0.2) is 8.78 Å². The van der Waals surface area contributed by atoms with Crippen LogP contribution in [0, 0.1) is 17.6 Å². The molecule has 15 heavy (non-hydrogen) atoms. The first-order valence-corrected chi connectivity index (χ1v) is 5.15. The first kappa shape index (κ1) is 10.3. The van der Waals surface area contributed by atoms with E-state index in [0.29, 0.717) is 5.92 Å². The standard InChI is InChI=1S/C12H12F2O/c13-9-5-2-6-10(14)12(9)11(15)7-8-3-1-4-8/h2,5-6,8H,1,3-4,7H2. The molecule has 0 bridgehead atoms. The largest absolute Gasteiger partial charge is 0.294 e. The Kier molecular flexibility index (Phi) is 2.80. The molecule has 0 aliphatic heterocycles. The summed E-state index contributed by atoms with van der Waals surface area (Å²) in [5, 5.41) is 0. The highest BCUT2D eigenvalue weighted by molar-refractivity contribution is 5.96. The van der Waals surface area contributed by atoms with Crippen molar-refractivity contribution in [1.29, 1.82) is 0 Å². The number of rotatable bonds is 3. The fourth-order valence-corrected chi connectivity index (χ4v) is 1.83. The predicted molar refractivity (Wildman–Crippen MR) is 52.6 cm³/mol. The maximum atomic E-state index is 13.2. The number of Topliss-reactive ketones (excluding diaryl/α,β-unsaturated/α-hetero) is 1. The van der Waals surface area contributed by atoms with Crippen LogP contribution in [0.25, 0.3) is 0 Å². The third kappa shape index (κ3) is 2.06. The normalized spacial score (nSPS) is 16.1. The zero-order valence-electron chi connectivity index (χ0n) is 8.30. The monoisotopic (exact) mass is 210 g/mol. The van der Waals surface area contributed by atoms with Crippen LogP contribution in [0.4, 0.5) is 8.78 Å². The van der Waals surface area contributed by atoms with E-state index < -0.39 is 17.4 Å². The molecule has 1 aromatic rings. The average molecular weight is 210 g/mol. The molecule has 0 aromatic heterocycles. The Bertz CT molecular complexity index is 363. The Hall–Kier alpha value is -1.25. The van der Waals surface area contributed by atoms with Crippen LogP contribution in [0.5, 0.6) is 0 Å². The highest BCUT2D eigenvalue weighted by atomic mass is 19.1. The van der Waals surface area contributed by atoms with Crippen molar-refractivity contribution in [2.24, 2.45) is 5.92 Å². The molecular weight excluding hydrogens is 198 g/mol. The zero-order valence-corrected chi connectivity index (χ0v) is 8.30. The van der Waals surface area contributed by atoms with Gasteiger partial charge in [0.2, 0.25) is 0 Å². The minimum absolute atomic E-state index is 0.276. The van der Waals surface area contributed by atoms with Crippen molar-refractivity contribution in [1.82, 2.24) is 0 Å². The zero-order chi connectivity index (χ0) is 10.8. The van der Waals surface area contributed by atoms with Gasteiger partial charge in [-0.15, -0.1) is 0 Å². The Labute approximate surface area is 87.1 Å². The van der Waals surface area contributed by atoms with Gasteiger partial charge in [-0.05, 0) is 18.1 Å². The van der Waals surface area contributed by atoms with Gasteiger partial charge in [-0.2, -0.15) is 0 Å².